The fourth-order valence-electron chi connectivity index (χ4n) is 2.49. The molecule has 18 heavy (non-hydrogen) atoms. The SMILES string of the molecule is CCCC1(O)CCC(NC(=O)OC(C)(C)C)CC1. The van der Waals surface area contributed by atoms with Crippen molar-refractivity contribution < 1.29 is 14.6 Å². The molecule has 4 heteroatoms. The van der Waals surface area contributed by atoms with E-state index in [0.717, 1.165) is 38.5 Å². The van der Waals surface area contributed by atoms with Crippen LogP contribution in [0.15, 0.2) is 0 Å². The minimum absolute atomic E-state index is 0.136. The van der Waals surface area contributed by atoms with Crippen molar-refractivity contribution in [1.29, 1.82) is 0 Å². The van der Waals surface area contributed by atoms with Gasteiger partial charge in [-0.3, -0.25) is 0 Å². The number of hydrogen-bond acceptors (Lipinski definition) is 3. The zero-order chi connectivity index (χ0) is 13.8. The Labute approximate surface area is 110 Å². The summed E-state index contributed by atoms with van der Waals surface area (Å²) in [5.74, 6) is 0. The Morgan fingerprint density at radius 3 is 2.39 bits per heavy atom. The van der Waals surface area contributed by atoms with Crippen LogP contribution >= 0.6 is 0 Å². The number of carbonyl (C=O) groups is 1. The summed E-state index contributed by atoms with van der Waals surface area (Å²) in [6, 6.07) is 0.136. The molecule has 1 fully saturated rings. The zero-order valence-corrected chi connectivity index (χ0v) is 12.1. The molecule has 1 rings (SSSR count). The van der Waals surface area contributed by atoms with Gasteiger partial charge in [-0.15, -0.1) is 0 Å². The molecule has 0 heterocycles. The molecule has 0 aromatic carbocycles. The Balaban J connectivity index is 2.33. The molecular formula is C14H27NO3. The lowest BCUT2D eigenvalue weighted by molar-refractivity contribution is -0.0136. The third kappa shape index (κ3) is 5.25. The summed E-state index contributed by atoms with van der Waals surface area (Å²) in [5.41, 5.74) is -0.970. The molecule has 106 valence electrons. The van der Waals surface area contributed by atoms with Crippen molar-refractivity contribution >= 4 is 6.09 Å². The molecule has 2 N–H and O–H groups in total. The van der Waals surface area contributed by atoms with Crippen molar-refractivity contribution in [3.05, 3.63) is 0 Å². The second-order valence-corrected chi connectivity index (χ2v) is 6.39. The van der Waals surface area contributed by atoms with Crippen molar-refractivity contribution in [1.82, 2.24) is 5.32 Å². The van der Waals surface area contributed by atoms with Crippen LogP contribution in [0, 0.1) is 0 Å². The Morgan fingerprint density at radius 1 is 1.39 bits per heavy atom. The molecule has 0 radical (unpaired) electrons. The van der Waals surface area contributed by atoms with Gasteiger partial charge in [0.15, 0.2) is 0 Å². The summed E-state index contributed by atoms with van der Waals surface area (Å²) < 4.78 is 5.23. The minimum atomic E-state index is -0.513. The van der Waals surface area contributed by atoms with Crippen LogP contribution in [0.3, 0.4) is 0 Å². The summed E-state index contributed by atoms with van der Waals surface area (Å²) in [4.78, 5) is 11.6. The number of rotatable bonds is 3. The van der Waals surface area contributed by atoms with E-state index in [-0.39, 0.29) is 12.1 Å². The molecule has 0 spiro atoms. The first kappa shape index (κ1) is 15.3. The van der Waals surface area contributed by atoms with E-state index in [2.05, 4.69) is 12.2 Å². The van der Waals surface area contributed by atoms with Gasteiger partial charge in [-0.2, -0.15) is 0 Å². The van der Waals surface area contributed by atoms with Gasteiger partial charge >= 0.3 is 6.09 Å². The van der Waals surface area contributed by atoms with Crippen molar-refractivity contribution in [3.63, 3.8) is 0 Å². The van der Waals surface area contributed by atoms with Crippen LogP contribution in [-0.2, 0) is 4.74 Å². The molecule has 0 saturated heterocycles. The van der Waals surface area contributed by atoms with E-state index in [1.165, 1.54) is 0 Å². The number of amides is 1. The average Bonchev–Trinajstić information content (AvgIpc) is 2.19. The minimum Gasteiger partial charge on any atom is -0.444 e. The van der Waals surface area contributed by atoms with Gasteiger partial charge < -0.3 is 15.2 Å². The summed E-state index contributed by atoms with van der Waals surface area (Å²) in [7, 11) is 0. The van der Waals surface area contributed by atoms with Crippen LogP contribution in [0.1, 0.15) is 66.2 Å². The number of aliphatic hydroxyl groups is 1. The highest BCUT2D eigenvalue weighted by Gasteiger charge is 2.33. The highest BCUT2D eigenvalue weighted by Crippen LogP contribution is 2.32. The molecule has 1 amide bonds. The van der Waals surface area contributed by atoms with Crippen LogP contribution in [0.25, 0.3) is 0 Å². The lowest BCUT2D eigenvalue weighted by Crippen LogP contribution is -2.44. The Bertz CT molecular complexity index is 275. The van der Waals surface area contributed by atoms with E-state index < -0.39 is 11.2 Å². The Morgan fingerprint density at radius 2 is 1.94 bits per heavy atom. The van der Waals surface area contributed by atoms with Crippen LogP contribution < -0.4 is 5.32 Å². The molecule has 1 aliphatic rings. The van der Waals surface area contributed by atoms with E-state index >= 15 is 0 Å². The summed E-state index contributed by atoms with van der Waals surface area (Å²) >= 11 is 0. The van der Waals surface area contributed by atoms with Gasteiger partial charge in [0.25, 0.3) is 0 Å². The maximum atomic E-state index is 11.6. The molecule has 0 aromatic heterocycles. The Kier molecular flexibility index (Phi) is 5.02. The molecule has 1 saturated carbocycles. The molecule has 0 aromatic rings. The summed E-state index contributed by atoms with van der Waals surface area (Å²) in [5, 5.41) is 13.1. The van der Waals surface area contributed by atoms with Crippen molar-refractivity contribution in [2.75, 3.05) is 0 Å². The standard InChI is InChI=1S/C14H27NO3/c1-5-8-14(17)9-6-11(7-10-14)15-12(16)18-13(2,3)4/h11,17H,5-10H2,1-4H3,(H,15,16). The maximum Gasteiger partial charge on any atom is 0.407 e. The second kappa shape index (κ2) is 5.91. The molecule has 0 unspecified atom stereocenters. The molecule has 0 atom stereocenters. The van der Waals surface area contributed by atoms with E-state index in [4.69, 9.17) is 4.74 Å². The van der Waals surface area contributed by atoms with Gasteiger partial charge in [0.2, 0.25) is 0 Å². The van der Waals surface area contributed by atoms with E-state index in [1.54, 1.807) is 0 Å². The number of hydrogen-bond donors (Lipinski definition) is 2. The highest BCUT2D eigenvalue weighted by atomic mass is 16.6. The zero-order valence-electron chi connectivity index (χ0n) is 12.1. The first-order valence-electron chi connectivity index (χ1n) is 6.96. The summed E-state index contributed by atoms with van der Waals surface area (Å²) in [6.07, 6.45) is 4.69. The van der Waals surface area contributed by atoms with Crippen molar-refractivity contribution in [2.45, 2.75) is 83.5 Å². The monoisotopic (exact) mass is 257 g/mol. The van der Waals surface area contributed by atoms with E-state index in [0.29, 0.717) is 0 Å². The molecule has 1 aliphatic carbocycles. The highest BCUT2D eigenvalue weighted by molar-refractivity contribution is 5.68. The predicted molar refractivity (Wildman–Crippen MR) is 71.5 cm³/mol. The molecule has 4 nitrogen and oxygen atoms in total. The maximum absolute atomic E-state index is 11.6. The number of nitrogens with one attached hydrogen (secondary N) is 1. The molecule has 0 aliphatic heterocycles. The molecule has 0 bridgehead atoms. The van der Waals surface area contributed by atoms with Gasteiger partial charge in [-0.25, -0.2) is 4.79 Å². The lowest BCUT2D eigenvalue weighted by Gasteiger charge is -2.36. The van der Waals surface area contributed by atoms with Crippen LogP contribution in [-0.4, -0.2) is 28.4 Å². The van der Waals surface area contributed by atoms with E-state index in [9.17, 15) is 9.90 Å². The smallest absolute Gasteiger partial charge is 0.407 e. The van der Waals surface area contributed by atoms with Gasteiger partial charge in [0.05, 0.1) is 5.60 Å². The van der Waals surface area contributed by atoms with Crippen molar-refractivity contribution in [2.24, 2.45) is 0 Å². The first-order chi connectivity index (χ1) is 8.24. The quantitative estimate of drug-likeness (QED) is 0.817. The van der Waals surface area contributed by atoms with Gasteiger partial charge in [0, 0.05) is 6.04 Å². The second-order valence-electron chi connectivity index (χ2n) is 6.39. The lowest BCUT2D eigenvalue weighted by atomic mass is 9.79. The van der Waals surface area contributed by atoms with E-state index in [1.807, 2.05) is 20.8 Å². The summed E-state index contributed by atoms with van der Waals surface area (Å²) in [6.45, 7) is 7.65. The van der Waals surface area contributed by atoms with Crippen LogP contribution in [0.5, 0.6) is 0 Å². The third-order valence-electron chi connectivity index (χ3n) is 3.35. The van der Waals surface area contributed by atoms with Gasteiger partial charge in [-0.1, -0.05) is 13.3 Å². The number of ether oxygens (including phenoxy) is 1. The average molecular weight is 257 g/mol. The largest absolute Gasteiger partial charge is 0.444 e. The number of carbonyl (C=O) groups excluding carboxylic acids is 1. The predicted octanol–water partition coefficient (Wildman–Crippen LogP) is 2.98. The van der Waals surface area contributed by atoms with Crippen LogP contribution in [0.2, 0.25) is 0 Å². The molecular weight excluding hydrogens is 230 g/mol. The fraction of sp³-hybridized carbons (Fsp3) is 0.929. The third-order valence-corrected chi connectivity index (χ3v) is 3.35. The Hall–Kier alpha value is -0.770. The van der Waals surface area contributed by atoms with Crippen LogP contribution in [0.4, 0.5) is 4.79 Å². The van der Waals surface area contributed by atoms with Gasteiger partial charge in [0.1, 0.15) is 5.60 Å². The first-order valence-corrected chi connectivity index (χ1v) is 6.96. The fourth-order valence-corrected chi connectivity index (χ4v) is 2.49. The van der Waals surface area contributed by atoms with Crippen molar-refractivity contribution in [3.8, 4) is 0 Å². The topological polar surface area (TPSA) is 58.6 Å². The number of alkyl carbamates (subject to hydrolysis) is 1. The normalized spacial score (nSPS) is 28.8. The van der Waals surface area contributed by atoms with Gasteiger partial charge in [-0.05, 0) is 52.9 Å².